The summed E-state index contributed by atoms with van der Waals surface area (Å²) in [5, 5.41) is 0. The lowest BCUT2D eigenvalue weighted by molar-refractivity contribution is -0.161. The van der Waals surface area contributed by atoms with Crippen LogP contribution in [0.2, 0.25) is 0 Å². The summed E-state index contributed by atoms with van der Waals surface area (Å²) >= 11 is 0. The Morgan fingerprint density at radius 3 is 2.15 bits per heavy atom. The minimum atomic E-state index is -3.99. The molecule has 8 heteroatoms. The van der Waals surface area contributed by atoms with Gasteiger partial charge >= 0.3 is 5.92 Å². The van der Waals surface area contributed by atoms with E-state index in [0.29, 0.717) is 6.07 Å². The monoisotopic (exact) mass is 370 g/mol. The van der Waals surface area contributed by atoms with Gasteiger partial charge in [-0.2, -0.15) is 8.78 Å². The van der Waals surface area contributed by atoms with Crippen LogP contribution in [0.15, 0.2) is 36.4 Å². The van der Waals surface area contributed by atoms with Crippen LogP contribution in [0.1, 0.15) is 16.7 Å². The second-order valence-electron chi connectivity index (χ2n) is 6.22. The first-order valence-electron chi connectivity index (χ1n) is 7.83. The van der Waals surface area contributed by atoms with Crippen LogP contribution in [0.5, 0.6) is 0 Å². The number of carbonyl (C=O) groups excluding carboxylic acids is 1. The molecule has 1 aliphatic heterocycles. The molecule has 3 nitrogen and oxygen atoms in total. The second kappa shape index (κ2) is 6.68. The van der Waals surface area contributed by atoms with Crippen LogP contribution >= 0.6 is 0 Å². The highest BCUT2D eigenvalue weighted by molar-refractivity contribution is 5.85. The molecule has 0 saturated carbocycles. The molecule has 0 radical (unpaired) electrons. The number of halogens is 5. The fourth-order valence-corrected chi connectivity index (χ4v) is 2.93. The average molecular weight is 370 g/mol. The Bertz CT molecular complexity index is 830. The molecule has 0 spiro atoms. The molecule has 0 aromatic heterocycles. The van der Waals surface area contributed by atoms with E-state index in [1.807, 2.05) is 0 Å². The number of alkyl halides is 2. The van der Waals surface area contributed by atoms with Gasteiger partial charge in [-0.05, 0) is 29.2 Å². The SMILES string of the molecule is NC(Cc1cc(F)c(F)cc1F)C(F)(F)C(=O)N1Cc2ccccc2C1. The summed E-state index contributed by atoms with van der Waals surface area (Å²) < 4.78 is 68.8. The number of amides is 1. The van der Waals surface area contributed by atoms with Crippen LogP contribution in [0.3, 0.4) is 0 Å². The smallest absolute Gasteiger partial charge is 0.329 e. The van der Waals surface area contributed by atoms with Crippen LogP contribution in [-0.2, 0) is 24.3 Å². The number of fused-ring (bicyclic) bond motifs is 1. The van der Waals surface area contributed by atoms with E-state index in [4.69, 9.17) is 5.73 Å². The van der Waals surface area contributed by atoms with E-state index >= 15 is 0 Å². The Balaban J connectivity index is 1.75. The zero-order valence-corrected chi connectivity index (χ0v) is 13.5. The first kappa shape index (κ1) is 18.3. The number of rotatable bonds is 4. The molecular formula is C18H15F5N2O. The summed E-state index contributed by atoms with van der Waals surface area (Å²) in [5.41, 5.74) is 6.44. The van der Waals surface area contributed by atoms with Crippen molar-refractivity contribution < 1.29 is 26.7 Å². The highest BCUT2D eigenvalue weighted by atomic mass is 19.3. The number of nitrogens with two attached hydrogens (primary N) is 1. The third-order valence-corrected chi connectivity index (χ3v) is 4.41. The number of hydrogen-bond acceptors (Lipinski definition) is 2. The lowest BCUT2D eigenvalue weighted by Gasteiger charge is -2.27. The maximum atomic E-state index is 14.5. The van der Waals surface area contributed by atoms with Gasteiger partial charge in [-0.25, -0.2) is 13.2 Å². The maximum absolute atomic E-state index is 14.5. The fraction of sp³-hybridized carbons (Fsp3) is 0.278. The van der Waals surface area contributed by atoms with Gasteiger partial charge in [0.2, 0.25) is 0 Å². The number of carbonyl (C=O) groups is 1. The molecule has 0 aliphatic carbocycles. The summed E-state index contributed by atoms with van der Waals surface area (Å²) in [6.45, 7) is 0.0493. The van der Waals surface area contributed by atoms with Gasteiger partial charge in [0.25, 0.3) is 5.91 Å². The minimum absolute atomic E-state index is 0.0247. The Labute approximate surface area is 146 Å². The Morgan fingerprint density at radius 2 is 1.58 bits per heavy atom. The Hall–Kier alpha value is -2.48. The quantitative estimate of drug-likeness (QED) is 0.664. The van der Waals surface area contributed by atoms with Crippen molar-refractivity contribution in [3.05, 3.63) is 70.5 Å². The third kappa shape index (κ3) is 3.29. The van der Waals surface area contributed by atoms with Gasteiger partial charge in [-0.1, -0.05) is 24.3 Å². The Morgan fingerprint density at radius 1 is 1.04 bits per heavy atom. The predicted molar refractivity (Wildman–Crippen MR) is 83.6 cm³/mol. The summed E-state index contributed by atoms with van der Waals surface area (Å²) in [6, 6.07) is 5.59. The van der Waals surface area contributed by atoms with E-state index in [1.165, 1.54) is 0 Å². The van der Waals surface area contributed by atoms with Gasteiger partial charge in [-0.3, -0.25) is 4.79 Å². The highest BCUT2D eigenvalue weighted by Crippen LogP contribution is 2.30. The molecular weight excluding hydrogens is 355 g/mol. The molecule has 26 heavy (non-hydrogen) atoms. The molecule has 2 aromatic rings. The van der Waals surface area contributed by atoms with E-state index in [9.17, 15) is 26.7 Å². The van der Waals surface area contributed by atoms with Crippen molar-refractivity contribution in [3.8, 4) is 0 Å². The average Bonchev–Trinajstić information content (AvgIpc) is 3.02. The van der Waals surface area contributed by atoms with E-state index in [0.717, 1.165) is 16.0 Å². The number of nitrogens with zero attached hydrogens (tertiary/aromatic N) is 1. The highest BCUT2D eigenvalue weighted by Gasteiger charge is 2.48. The van der Waals surface area contributed by atoms with Gasteiger partial charge in [0, 0.05) is 19.2 Å². The second-order valence-corrected chi connectivity index (χ2v) is 6.22. The molecule has 1 amide bonds. The third-order valence-electron chi connectivity index (χ3n) is 4.41. The standard InChI is InChI=1S/C18H15F5N2O/c19-13-7-15(21)14(20)5-12(13)6-16(24)18(22,23)17(26)25-8-10-3-1-2-4-11(10)9-25/h1-5,7,16H,6,8-9,24H2. The van der Waals surface area contributed by atoms with Crippen LogP contribution in [0, 0.1) is 17.5 Å². The van der Waals surface area contributed by atoms with Gasteiger partial charge in [0.15, 0.2) is 11.6 Å². The summed E-state index contributed by atoms with van der Waals surface area (Å²) in [5.74, 6) is -9.48. The van der Waals surface area contributed by atoms with Crippen molar-refractivity contribution in [1.29, 1.82) is 0 Å². The maximum Gasteiger partial charge on any atom is 0.339 e. The zero-order valence-electron chi connectivity index (χ0n) is 13.5. The zero-order chi connectivity index (χ0) is 19.1. The largest absolute Gasteiger partial charge is 0.339 e. The lowest BCUT2D eigenvalue weighted by atomic mass is 9.99. The molecule has 1 unspecified atom stereocenters. The van der Waals surface area contributed by atoms with Gasteiger partial charge in [0.1, 0.15) is 5.82 Å². The molecule has 1 atom stereocenters. The molecule has 138 valence electrons. The van der Waals surface area contributed by atoms with Crippen molar-refractivity contribution in [3.63, 3.8) is 0 Å². The molecule has 0 bridgehead atoms. The van der Waals surface area contributed by atoms with Gasteiger partial charge in [-0.15, -0.1) is 0 Å². The van der Waals surface area contributed by atoms with E-state index in [1.54, 1.807) is 24.3 Å². The molecule has 1 heterocycles. The first-order chi connectivity index (χ1) is 12.2. The molecule has 0 fully saturated rings. The van der Waals surface area contributed by atoms with Crippen LogP contribution < -0.4 is 5.73 Å². The number of benzene rings is 2. The molecule has 0 saturated heterocycles. The molecule has 2 aromatic carbocycles. The van der Waals surface area contributed by atoms with Crippen LogP contribution in [0.4, 0.5) is 22.0 Å². The van der Waals surface area contributed by atoms with E-state index in [2.05, 4.69) is 0 Å². The topological polar surface area (TPSA) is 46.3 Å². The number of hydrogen-bond donors (Lipinski definition) is 1. The Kier molecular flexibility index (Phi) is 4.70. The first-order valence-corrected chi connectivity index (χ1v) is 7.83. The molecule has 1 aliphatic rings. The normalized spacial score (nSPS) is 15.1. The summed E-state index contributed by atoms with van der Waals surface area (Å²) in [7, 11) is 0. The van der Waals surface area contributed by atoms with Gasteiger partial charge in [0.05, 0.1) is 6.04 Å². The van der Waals surface area contributed by atoms with Crippen LogP contribution in [0.25, 0.3) is 0 Å². The summed E-state index contributed by atoms with van der Waals surface area (Å²) in [4.78, 5) is 13.2. The van der Waals surface area contributed by atoms with Crippen molar-refractivity contribution in [2.75, 3.05) is 0 Å². The summed E-state index contributed by atoms with van der Waals surface area (Å²) in [6.07, 6.45) is -0.817. The van der Waals surface area contributed by atoms with Crippen molar-refractivity contribution in [2.45, 2.75) is 31.5 Å². The molecule has 3 rings (SSSR count). The van der Waals surface area contributed by atoms with Gasteiger partial charge < -0.3 is 10.6 Å². The predicted octanol–water partition coefficient (Wildman–Crippen LogP) is 3.15. The van der Waals surface area contributed by atoms with Crippen molar-refractivity contribution >= 4 is 5.91 Å². The van der Waals surface area contributed by atoms with E-state index < -0.39 is 47.3 Å². The van der Waals surface area contributed by atoms with E-state index in [-0.39, 0.29) is 19.2 Å². The minimum Gasteiger partial charge on any atom is -0.329 e. The van der Waals surface area contributed by atoms with Crippen LogP contribution in [-0.4, -0.2) is 22.8 Å². The molecule has 2 N–H and O–H groups in total. The van der Waals surface area contributed by atoms with Crippen molar-refractivity contribution in [1.82, 2.24) is 4.90 Å². The van der Waals surface area contributed by atoms with Crippen molar-refractivity contribution in [2.24, 2.45) is 5.73 Å². The fourth-order valence-electron chi connectivity index (χ4n) is 2.93. The lowest BCUT2D eigenvalue weighted by Crippen LogP contribution is -2.53.